The fourth-order valence-electron chi connectivity index (χ4n) is 3.37. The zero-order valence-corrected chi connectivity index (χ0v) is 19.0. The third-order valence-corrected chi connectivity index (χ3v) is 6.06. The molecule has 34 heavy (non-hydrogen) atoms. The van der Waals surface area contributed by atoms with Crippen molar-refractivity contribution in [1.82, 2.24) is 4.98 Å². The highest BCUT2D eigenvalue weighted by atomic mass is 32.2. The Morgan fingerprint density at radius 3 is 2.65 bits per heavy atom. The van der Waals surface area contributed by atoms with Gasteiger partial charge in [-0.05, 0) is 54.6 Å². The van der Waals surface area contributed by atoms with Crippen LogP contribution in [0, 0.1) is 5.82 Å². The average molecular weight is 484 g/mol. The molecule has 3 N–H and O–H groups in total. The number of aromatic nitrogens is 1. The van der Waals surface area contributed by atoms with Crippen molar-refractivity contribution in [2.24, 2.45) is 0 Å². The minimum Gasteiger partial charge on any atom is -0.489 e. The van der Waals surface area contributed by atoms with E-state index in [0.717, 1.165) is 12.3 Å². The topological polar surface area (TPSA) is 113 Å². The number of nitrogens with one attached hydrogen (secondary N) is 3. The first kappa shape index (κ1) is 23.1. The Balaban J connectivity index is 1.56. The predicted octanol–water partition coefficient (Wildman–Crippen LogP) is 3.99. The van der Waals surface area contributed by atoms with E-state index in [2.05, 4.69) is 27.5 Å². The molecule has 1 aliphatic rings. The summed E-state index contributed by atoms with van der Waals surface area (Å²) in [4.78, 5) is 15.8. The number of rotatable bonds is 7. The third kappa shape index (κ3) is 5.26. The summed E-state index contributed by atoms with van der Waals surface area (Å²) < 4.78 is 45.5. The molecule has 0 aliphatic carbocycles. The van der Waals surface area contributed by atoms with E-state index in [4.69, 9.17) is 4.74 Å². The summed E-state index contributed by atoms with van der Waals surface area (Å²) in [5, 5.41) is 8.59. The van der Waals surface area contributed by atoms with Crippen molar-refractivity contribution >= 4 is 50.3 Å². The van der Waals surface area contributed by atoms with E-state index < -0.39 is 15.8 Å². The summed E-state index contributed by atoms with van der Waals surface area (Å²) in [7, 11) is -3.47. The number of carbonyl (C=O) groups excluding carboxylic acids is 1. The number of carbonyl (C=O) groups is 1. The Labute approximate surface area is 196 Å². The van der Waals surface area contributed by atoms with Gasteiger partial charge in [0.25, 0.3) is 0 Å². The third-order valence-electron chi connectivity index (χ3n) is 4.88. The van der Waals surface area contributed by atoms with Gasteiger partial charge in [0.2, 0.25) is 15.9 Å². The molecule has 0 bridgehead atoms. The molecule has 2 heterocycles. The van der Waals surface area contributed by atoms with Crippen molar-refractivity contribution in [2.75, 3.05) is 39.7 Å². The molecule has 3 aromatic rings. The minimum absolute atomic E-state index is 0.0312. The summed E-state index contributed by atoms with van der Waals surface area (Å²) in [5.41, 5.74) is 1.99. The second-order valence-corrected chi connectivity index (χ2v) is 9.32. The summed E-state index contributed by atoms with van der Waals surface area (Å²) in [6, 6.07) is 14.5. The van der Waals surface area contributed by atoms with Gasteiger partial charge < -0.3 is 20.7 Å². The number of sulfonamides is 1. The number of amides is 1. The fraction of sp³-hybridized carbons (Fsp3) is 0.130. The van der Waals surface area contributed by atoms with Gasteiger partial charge in [0, 0.05) is 17.1 Å². The molecule has 0 spiro atoms. The molecular weight excluding hydrogens is 461 g/mol. The monoisotopic (exact) mass is 483 g/mol. The fourth-order valence-corrected chi connectivity index (χ4v) is 4.27. The standard InChI is InChI=1S/C23H22FN5O4S/c1-3-22(30)26-15-5-4-6-16(13-15)27-23-18(24)8-10-21(28-23)25-17-7-9-20-19(14-17)29(11-12-33-20)34(2,31)32/h3-10,13-14H,1,11-12H2,2H3,(H,26,30)(H2,25,27,28). The maximum absolute atomic E-state index is 14.4. The first-order chi connectivity index (χ1) is 16.2. The summed E-state index contributed by atoms with van der Waals surface area (Å²) in [6.07, 6.45) is 2.29. The molecule has 0 radical (unpaired) electrons. The number of benzene rings is 2. The molecule has 2 aromatic carbocycles. The van der Waals surface area contributed by atoms with Gasteiger partial charge in [-0.2, -0.15) is 0 Å². The van der Waals surface area contributed by atoms with Crippen LogP contribution in [0.2, 0.25) is 0 Å². The van der Waals surface area contributed by atoms with Crippen LogP contribution in [0.3, 0.4) is 0 Å². The van der Waals surface area contributed by atoms with E-state index in [1.807, 2.05) is 0 Å². The summed E-state index contributed by atoms with van der Waals surface area (Å²) >= 11 is 0. The molecule has 0 saturated carbocycles. The number of fused-ring (bicyclic) bond motifs is 1. The Morgan fingerprint density at radius 2 is 1.88 bits per heavy atom. The van der Waals surface area contributed by atoms with Crippen LogP contribution in [0.4, 0.5) is 38.8 Å². The van der Waals surface area contributed by atoms with Crippen molar-refractivity contribution in [2.45, 2.75) is 0 Å². The van der Waals surface area contributed by atoms with Gasteiger partial charge in [-0.3, -0.25) is 9.10 Å². The Kier molecular flexibility index (Phi) is 6.37. The largest absolute Gasteiger partial charge is 0.489 e. The number of anilines is 6. The second kappa shape index (κ2) is 9.40. The zero-order chi connectivity index (χ0) is 24.3. The van der Waals surface area contributed by atoms with E-state index in [0.29, 0.717) is 34.3 Å². The summed E-state index contributed by atoms with van der Waals surface area (Å²) in [5.74, 6) is -0.176. The lowest BCUT2D eigenvalue weighted by Gasteiger charge is -2.29. The first-order valence-corrected chi connectivity index (χ1v) is 12.1. The van der Waals surface area contributed by atoms with E-state index in [1.54, 1.807) is 42.5 Å². The SMILES string of the molecule is C=CC(=O)Nc1cccc(Nc2nc(Nc3ccc4c(c3)N(S(C)(=O)=O)CCO4)ccc2F)c1. The number of hydrogen-bond donors (Lipinski definition) is 3. The maximum atomic E-state index is 14.4. The van der Waals surface area contributed by atoms with Crippen molar-refractivity contribution < 1.29 is 22.3 Å². The molecule has 1 amide bonds. The van der Waals surface area contributed by atoms with Crippen LogP contribution in [0.5, 0.6) is 5.75 Å². The van der Waals surface area contributed by atoms with Crippen molar-refractivity contribution in [3.8, 4) is 5.75 Å². The van der Waals surface area contributed by atoms with Crippen molar-refractivity contribution in [1.29, 1.82) is 0 Å². The quantitative estimate of drug-likeness (QED) is 0.436. The molecule has 1 aliphatic heterocycles. The van der Waals surface area contributed by atoms with Gasteiger partial charge in [0.05, 0.1) is 18.5 Å². The van der Waals surface area contributed by atoms with E-state index in [9.17, 15) is 17.6 Å². The molecular formula is C23H22FN5O4S. The maximum Gasteiger partial charge on any atom is 0.247 e. The Bertz CT molecular complexity index is 1360. The highest BCUT2D eigenvalue weighted by molar-refractivity contribution is 7.92. The Hall–Kier alpha value is -4.12. The number of halogens is 1. The number of ether oxygens (including phenoxy) is 1. The minimum atomic E-state index is -3.47. The van der Waals surface area contributed by atoms with Crippen LogP contribution >= 0.6 is 0 Å². The number of pyridine rings is 1. The van der Waals surface area contributed by atoms with Crippen LogP contribution in [-0.4, -0.2) is 38.7 Å². The lowest BCUT2D eigenvalue weighted by molar-refractivity contribution is -0.111. The normalized spacial score (nSPS) is 12.8. The second-order valence-electron chi connectivity index (χ2n) is 7.42. The number of hydrogen-bond acceptors (Lipinski definition) is 7. The molecule has 9 nitrogen and oxygen atoms in total. The summed E-state index contributed by atoms with van der Waals surface area (Å²) in [6.45, 7) is 3.89. The molecule has 4 rings (SSSR count). The lowest BCUT2D eigenvalue weighted by Crippen LogP contribution is -2.37. The van der Waals surface area contributed by atoms with Crippen LogP contribution in [0.1, 0.15) is 0 Å². The average Bonchev–Trinajstić information content (AvgIpc) is 2.80. The zero-order valence-electron chi connectivity index (χ0n) is 18.2. The molecule has 176 valence electrons. The van der Waals surface area contributed by atoms with Gasteiger partial charge in [0.15, 0.2) is 11.6 Å². The van der Waals surface area contributed by atoms with Crippen molar-refractivity contribution in [3.05, 3.63) is 73.1 Å². The molecule has 0 atom stereocenters. The molecule has 11 heteroatoms. The smallest absolute Gasteiger partial charge is 0.247 e. The molecule has 1 aromatic heterocycles. The first-order valence-electron chi connectivity index (χ1n) is 10.2. The van der Waals surface area contributed by atoms with Crippen LogP contribution < -0.4 is 25.0 Å². The molecule has 0 saturated heterocycles. The lowest BCUT2D eigenvalue weighted by atomic mass is 10.2. The van der Waals surface area contributed by atoms with E-state index in [-0.39, 0.29) is 24.9 Å². The molecule has 0 unspecified atom stereocenters. The van der Waals surface area contributed by atoms with Gasteiger partial charge in [-0.1, -0.05) is 12.6 Å². The van der Waals surface area contributed by atoms with E-state index in [1.165, 1.54) is 16.4 Å². The highest BCUT2D eigenvalue weighted by Gasteiger charge is 2.25. The predicted molar refractivity (Wildman–Crippen MR) is 130 cm³/mol. The van der Waals surface area contributed by atoms with Gasteiger partial charge in [0.1, 0.15) is 18.2 Å². The highest BCUT2D eigenvalue weighted by Crippen LogP contribution is 2.36. The number of nitrogens with zero attached hydrogens (tertiary/aromatic N) is 2. The molecule has 0 fully saturated rings. The van der Waals surface area contributed by atoms with Crippen LogP contribution in [0.15, 0.2) is 67.3 Å². The van der Waals surface area contributed by atoms with Crippen molar-refractivity contribution in [3.63, 3.8) is 0 Å². The van der Waals surface area contributed by atoms with Gasteiger partial charge >= 0.3 is 0 Å². The van der Waals surface area contributed by atoms with Crippen LogP contribution in [-0.2, 0) is 14.8 Å². The van der Waals surface area contributed by atoms with Gasteiger partial charge in [-0.15, -0.1) is 0 Å². The van der Waals surface area contributed by atoms with Gasteiger partial charge in [-0.25, -0.2) is 17.8 Å². The van der Waals surface area contributed by atoms with E-state index >= 15 is 0 Å². The Morgan fingerprint density at radius 1 is 1.12 bits per heavy atom. The van der Waals surface area contributed by atoms with Crippen LogP contribution in [0.25, 0.3) is 0 Å².